The van der Waals surface area contributed by atoms with Gasteiger partial charge in [-0.2, -0.15) is 13.2 Å². The standard InChI is InChI=1S/C30H40F3N3O2/c1-18-11-12-23(35-28(37)20-7-6-8-22(14-20)30(31,32)33)16-25(18)26-15-21-17-34-19(2)13-27(21)36(29(26)38)24-9-4-3-5-10-24/h13,15,17-18,20,22-25H,3-12,14,16H2,1-2H3,(H,35,37). The van der Waals surface area contributed by atoms with Gasteiger partial charge in [0.2, 0.25) is 5.91 Å². The van der Waals surface area contributed by atoms with Crippen LogP contribution in [0.25, 0.3) is 10.9 Å². The number of aromatic nitrogens is 2. The summed E-state index contributed by atoms with van der Waals surface area (Å²) in [5, 5.41) is 4.06. The molecular formula is C30H40F3N3O2. The van der Waals surface area contributed by atoms with E-state index in [4.69, 9.17) is 0 Å². The van der Waals surface area contributed by atoms with Gasteiger partial charge in [0.15, 0.2) is 0 Å². The molecule has 0 radical (unpaired) electrons. The molecular weight excluding hydrogens is 491 g/mol. The number of carbonyl (C=O) groups excluding carboxylic acids is 1. The Morgan fingerprint density at radius 1 is 1.00 bits per heavy atom. The smallest absolute Gasteiger partial charge is 0.353 e. The number of halogens is 3. The zero-order valence-corrected chi connectivity index (χ0v) is 22.5. The largest absolute Gasteiger partial charge is 0.391 e. The Morgan fingerprint density at radius 2 is 1.76 bits per heavy atom. The van der Waals surface area contributed by atoms with Crippen LogP contribution in [0, 0.1) is 24.7 Å². The summed E-state index contributed by atoms with van der Waals surface area (Å²) in [6.45, 7) is 4.11. The van der Waals surface area contributed by atoms with Crippen molar-refractivity contribution < 1.29 is 18.0 Å². The Morgan fingerprint density at radius 3 is 2.50 bits per heavy atom. The Balaban J connectivity index is 1.39. The van der Waals surface area contributed by atoms with Crippen molar-refractivity contribution in [2.24, 2.45) is 17.8 Å². The zero-order valence-electron chi connectivity index (χ0n) is 22.5. The first kappa shape index (κ1) is 27.2. The number of rotatable bonds is 4. The van der Waals surface area contributed by atoms with E-state index in [2.05, 4.69) is 17.2 Å². The molecule has 3 aliphatic rings. The minimum Gasteiger partial charge on any atom is -0.353 e. The molecule has 3 fully saturated rings. The molecule has 2 aromatic rings. The maximum atomic E-state index is 14.1. The highest BCUT2D eigenvalue weighted by Crippen LogP contribution is 2.41. The van der Waals surface area contributed by atoms with Crippen LogP contribution < -0.4 is 10.9 Å². The maximum Gasteiger partial charge on any atom is 0.391 e. The lowest BCUT2D eigenvalue weighted by molar-refractivity contribution is -0.186. The van der Waals surface area contributed by atoms with E-state index >= 15 is 0 Å². The molecule has 8 heteroatoms. The molecule has 1 N–H and O–H groups in total. The third-order valence-electron chi connectivity index (χ3n) is 9.47. The molecule has 38 heavy (non-hydrogen) atoms. The number of carbonyl (C=O) groups is 1. The molecule has 208 valence electrons. The number of nitrogens with zero attached hydrogens (tertiary/aromatic N) is 2. The lowest BCUT2D eigenvalue weighted by Gasteiger charge is -2.37. The monoisotopic (exact) mass is 531 g/mol. The number of pyridine rings is 2. The summed E-state index contributed by atoms with van der Waals surface area (Å²) in [5.74, 6) is -1.98. The van der Waals surface area contributed by atoms with Crippen molar-refractivity contribution in [1.82, 2.24) is 14.9 Å². The van der Waals surface area contributed by atoms with Crippen LogP contribution in [0.4, 0.5) is 13.2 Å². The van der Waals surface area contributed by atoms with Gasteiger partial charge in [0.25, 0.3) is 5.56 Å². The van der Waals surface area contributed by atoms with Crippen molar-refractivity contribution in [2.75, 3.05) is 0 Å². The lowest BCUT2D eigenvalue weighted by Crippen LogP contribution is -2.45. The minimum absolute atomic E-state index is 0.0172. The lowest BCUT2D eigenvalue weighted by atomic mass is 9.74. The van der Waals surface area contributed by atoms with E-state index in [1.807, 2.05) is 29.8 Å². The van der Waals surface area contributed by atoms with E-state index in [1.165, 1.54) is 6.42 Å². The number of fused-ring (bicyclic) bond motifs is 1. The number of nitrogens with one attached hydrogen (secondary N) is 1. The van der Waals surface area contributed by atoms with Gasteiger partial charge in [-0.1, -0.05) is 32.6 Å². The second kappa shape index (κ2) is 11.0. The van der Waals surface area contributed by atoms with E-state index < -0.39 is 18.0 Å². The third kappa shape index (κ3) is 5.64. The summed E-state index contributed by atoms with van der Waals surface area (Å²) in [4.78, 5) is 31.6. The second-order valence-corrected chi connectivity index (χ2v) is 12.2. The predicted molar refractivity (Wildman–Crippen MR) is 142 cm³/mol. The highest BCUT2D eigenvalue weighted by molar-refractivity contribution is 5.80. The van der Waals surface area contributed by atoms with Crippen molar-refractivity contribution in [3.8, 4) is 0 Å². The van der Waals surface area contributed by atoms with E-state index in [9.17, 15) is 22.8 Å². The van der Waals surface area contributed by atoms with Crippen molar-refractivity contribution in [1.29, 1.82) is 0 Å². The summed E-state index contributed by atoms with van der Waals surface area (Å²) in [6.07, 6.45) is 6.26. The number of amides is 1. The Bertz CT molecular complexity index is 1220. The molecule has 3 saturated carbocycles. The Hall–Kier alpha value is -2.38. The molecule has 5 atom stereocenters. The van der Waals surface area contributed by atoms with E-state index in [1.54, 1.807) is 0 Å². The Labute approximate surface area is 222 Å². The summed E-state index contributed by atoms with van der Waals surface area (Å²) < 4.78 is 41.9. The second-order valence-electron chi connectivity index (χ2n) is 12.2. The summed E-state index contributed by atoms with van der Waals surface area (Å²) in [7, 11) is 0. The van der Waals surface area contributed by atoms with Crippen LogP contribution in [-0.4, -0.2) is 27.7 Å². The van der Waals surface area contributed by atoms with Gasteiger partial charge >= 0.3 is 6.18 Å². The van der Waals surface area contributed by atoms with Crippen LogP contribution in [0.1, 0.15) is 107 Å². The first-order valence-electron chi connectivity index (χ1n) is 14.5. The average Bonchev–Trinajstić information content (AvgIpc) is 2.89. The molecule has 0 aliphatic heterocycles. The number of hydrogen-bond acceptors (Lipinski definition) is 3. The van der Waals surface area contributed by atoms with Gasteiger partial charge in [-0.3, -0.25) is 14.6 Å². The highest BCUT2D eigenvalue weighted by atomic mass is 19.4. The fourth-order valence-corrected chi connectivity index (χ4v) is 7.25. The van der Waals surface area contributed by atoms with Gasteiger partial charge in [0.05, 0.1) is 11.4 Å². The van der Waals surface area contributed by atoms with Gasteiger partial charge in [-0.05, 0) is 82.3 Å². The van der Waals surface area contributed by atoms with Crippen LogP contribution in [0.2, 0.25) is 0 Å². The first-order chi connectivity index (χ1) is 18.1. The first-order valence-corrected chi connectivity index (χ1v) is 14.5. The zero-order chi connectivity index (χ0) is 27.0. The third-order valence-corrected chi connectivity index (χ3v) is 9.47. The van der Waals surface area contributed by atoms with Gasteiger partial charge in [-0.15, -0.1) is 0 Å². The van der Waals surface area contributed by atoms with Crippen LogP contribution in [0.5, 0.6) is 0 Å². The van der Waals surface area contributed by atoms with Crippen LogP contribution in [-0.2, 0) is 4.79 Å². The molecule has 5 unspecified atom stereocenters. The van der Waals surface area contributed by atoms with Crippen LogP contribution >= 0.6 is 0 Å². The quantitative estimate of drug-likeness (QED) is 0.464. The number of hydrogen-bond donors (Lipinski definition) is 1. The molecule has 5 nitrogen and oxygen atoms in total. The summed E-state index contributed by atoms with van der Waals surface area (Å²) in [5.41, 5.74) is 2.69. The average molecular weight is 532 g/mol. The van der Waals surface area contributed by atoms with Crippen LogP contribution in [0.15, 0.2) is 23.1 Å². The Kier molecular flexibility index (Phi) is 7.88. The topological polar surface area (TPSA) is 64.0 Å². The van der Waals surface area contributed by atoms with Gasteiger partial charge in [-0.25, -0.2) is 0 Å². The van der Waals surface area contributed by atoms with E-state index in [-0.39, 0.29) is 48.2 Å². The molecule has 0 aromatic carbocycles. The molecule has 0 bridgehead atoms. The highest BCUT2D eigenvalue weighted by Gasteiger charge is 2.44. The van der Waals surface area contributed by atoms with Gasteiger partial charge in [0.1, 0.15) is 0 Å². The fourth-order valence-electron chi connectivity index (χ4n) is 7.25. The van der Waals surface area contributed by atoms with E-state index in [0.29, 0.717) is 19.3 Å². The molecule has 0 spiro atoms. The number of aryl methyl sites for hydroxylation is 1. The molecule has 5 rings (SSSR count). The number of alkyl halides is 3. The predicted octanol–water partition coefficient (Wildman–Crippen LogP) is 6.97. The van der Waals surface area contributed by atoms with E-state index in [0.717, 1.165) is 60.7 Å². The molecule has 0 saturated heterocycles. The molecule has 2 aromatic heterocycles. The van der Waals surface area contributed by atoms with Gasteiger partial charge in [0, 0.05) is 40.8 Å². The SMILES string of the molecule is Cc1cc2c(cn1)cc(C1CC(NC(=O)C3CCCC(C(F)(F)F)C3)CCC1C)c(=O)n2C1CCCCC1. The van der Waals surface area contributed by atoms with Gasteiger partial charge < -0.3 is 9.88 Å². The summed E-state index contributed by atoms with van der Waals surface area (Å²) in [6, 6.07) is 4.07. The molecule has 3 aliphatic carbocycles. The van der Waals surface area contributed by atoms with Crippen molar-refractivity contribution in [3.05, 3.63) is 39.9 Å². The van der Waals surface area contributed by atoms with Crippen LogP contribution in [0.3, 0.4) is 0 Å². The minimum atomic E-state index is -4.24. The van der Waals surface area contributed by atoms with Crippen molar-refractivity contribution in [3.63, 3.8) is 0 Å². The molecule has 2 heterocycles. The normalized spacial score (nSPS) is 29.3. The fraction of sp³-hybridized carbons (Fsp3) is 0.700. The molecule has 1 amide bonds. The van der Waals surface area contributed by atoms with Crippen molar-refractivity contribution in [2.45, 2.75) is 115 Å². The summed E-state index contributed by atoms with van der Waals surface area (Å²) >= 11 is 0. The maximum absolute atomic E-state index is 14.1. The van der Waals surface area contributed by atoms with Crippen molar-refractivity contribution >= 4 is 16.8 Å².